The molecule has 0 aliphatic rings. The zero-order chi connectivity index (χ0) is 34.9. The van der Waals surface area contributed by atoms with Crippen LogP contribution in [0.25, 0.3) is 0 Å². The molecule has 0 saturated carbocycles. The van der Waals surface area contributed by atoms with E-state index in [0.717, 1.165) is 18.2 Å². The number of alkyl halides is 3. The first-order chi connectivity index (χ1) is 22.0. The Morgan fingerprint density at radius 2 is 1.70 bits per heavy atom. The number of rotatable bonds is 9. The minimum atomic E-state index is -4.52. The predicted octanol–water partition coefficient (Wildman–Crippen LogP) is 6.81. The molecule has 14 nitrogen and oxygen atoms in total. The van der Waals surface area contributed by atoms with Gasteiger partial charge in [0.1, 0.15) is 22.2 Å². The molecule has 3 aromatic carbocycles. The molecule has 250 valence electrons. The van der Waals surface area contributed by atoms with E-state index in [2.05, 4.69) is 20.3 Å². The molecule has 2 N–H and O–H groups in total. The Bertz CT molecular complexity index is 1880. The smallest absolute Gasteiger partial charge is 0.416 e. The van der Waals surface area contributed by atoms with Crippen LogP contribution in [0.5, 0.6) is 23.3 Å². The minimum Gasteiger partial charge on any atom is -0.487 e. The van der Waals surface area contributed by atoms with Crippen molar-refractivity contribution in [1.82, 2.24) is 19.7 Å². The third kappa shape index (κ3) is 10.3. The van der Waals surface area contributed by atoms with Gasteiger partial charge in [-0.15, -0.1) is 0 Å². The van der Waals surface area contributed by atoms with Crippen molar-refractivity contribution in [3.63, 3.8) is 0 Å². The van der Waals surface area contributed by atoms with Gasteiger partial charge in [-0.25, -0.2) is 17.9 Å². The molecule has 0 spiro atoms. The first-order valence-corrected chi connectivity index (χ1v) is 15.1. The van der Waals surface area contributed by atoms with Crippen LogP contribution >= 0.6 is 23.2 Å². The molecule has 20 heteroatoms. The molecule has 1 heterocycles. The van der Waals surface area contributed by atoms with Gasteiger partial charge < -0.3 is 14.2 Å². The number of benzene rings is 3. The number of nitrogens with one attached hydrogen (secondary N) is 2. The number of nitro benzene ring substituents is 1. The van der Waals surface area contributed by atoms with Gasteiger partial charge in [-0.3, -0.25) is 15.4 Å². The summed E-state index contributed by atoms with van der Waals surface area (Å²) in [6.07, 6.45) is -4.52. The van der Waals surface area contributed by atoms with Crippen LogP contribution in [-0.2, 0) is 16.2 Å². The highest BCUT2D eigenvalue weighted by Gasteiger charge is 2.31. The molecule has 0 atom stereocenters. The molecule has 4 aromatic rings. The normalized spacial score (nSPS) is 11.1. The van der Waals surface area contributed by atoms with Gasteiger partial charge in [0.15, 0.2) is 0 Å². The second-order valence-electron chi connectivity index (χ2n) is 8.75. The lowest BCUT2D eigenvalue weighted by Crippen LogP contribution is -2.35. The molecule has 47 heavy (non-hydrogen) atoms. The van der Waals surface area contributed by atoms with Crippen LogP contribution in [0.4, 0.5) is 29.6 Å². The average Bonchev–Trinajstić information content (AvgIpc) is 2.97. The molecular weight excluding hydrogens is 696 g/mol. The van der Waals surface area contributed by atoms with Gasteiger partial charge >= 0.3 is 23.9 Å². The summed E-state index contributed by atoms with van der Waals surface area (Å²) in [4.78, 5) is 33.4. The van der Waals surface area contributed by atoms with Crippen LogP contribution in [0.2, 0.25) is 10.0 Å². The van der Waals surface area contributed by atoms with E-state index < -0.39 is 32.7 Å². The van der Waals surface area contributed by atoms with Crippen LogP contribution in [0.15, 0.2) is 65.6 Å². The van der Waals surface area contributed by atoms with Crippen LogP contribution in [0.1, 0.15) is 18.3 Å². The number of aromatic nitrogens is 3. The second-order valence-corrected chi connectivity index (χ2v) is 11.2. The maximum atomic E-state index is 12.6. The molecule has 0 fully saturated rings. The number of aryl methyl sites for hydroxylation is 1. The number of hydrogen-bond acceptors (Lipinski definition) is 11. The molecule has 1 aromatic heterocycles. The van der Waals surface area contributed by atoms with Crippen molar-refractivity contribution in [3.05, 3.63) is 92.2 Å². The van der Waals surface area contributed by atoms with E-state index in [1.165, 1.54) is 43.5 Å². The van der Waals surface area contributed by atoms with E-state index >= 15 is 0 Å². The highest BCUT2D eigenvalue weighted by molar-refractivity contribution is 7.90. The fourth-order valence-corrected chi connectivity index (χ4v) is 5.09. The molecule has 2 amide bonds. The standard InChI is InChI=1S/C15H11ClF3NO4.C12H12ClN5O4S/c1-2-23-14-8-10(4-5-12(14)20(21)22)24-13-6-3-9(7-11(13)16)15(17,18)19;1-7-14-10(17-12(15-7)22-2)16-11(19)18-23(20,21)9-6-4-3-5-8(9)13/h3-8H,2H2,1H3;3-6H,1-2H3,(H2,14,15,16,17,18,19). The van der Waals surface area contributed by atoms with E-state index in [-0.39, 0.29) is 56.4 Å². The highest BCUT2D eigenvalue weighted by atomic mass is 35.5. The number of amides is 2. The number of nitrogens with zero attached hydrogens (tertiary/aromatic N) is 4. The number of nitro groups is 1. The summed E-state index contributed by atoms with van der Waals surface area (Å²) in [5.74, 6) is 0.261. The van der Waals surface area contributed by atoms with Crippen molar-refractivity contribution in [3.8, 4) is 23.3 Å². The third-order valence-electron chi connectivity index (χ3n) is 5.40. The number of carbonyl (C=O) groups excluding carboxylic acids is 1. The Hall–Kier alpha value is -4.94. The van der Waals surface area contributed by atoms with Crippen molar-refractivity contribution in [2.45, 2.75) is 24.9 Å². The number of urea groups is 1. The number of hydrogen-bond donors (Lipinski definition) is 2. The zero-order valence-corrected chi connectivity index (χ0v) is 26.7. The summed E-state index contributed by atoms with van der Waals surface area (Å²) in [6.45, 7) is 3.42. The number of anilines is 1. The number of carbonyl (C=O) groups is 1. The summed E-state index contributed by atoms with van der Waals surface area (Å²) in [5, 5.41) is 12.9. The molecule has 4 rings (SSSR count). The van der Waals surface area contributed by atoms with Crippen molar-refractivity contribution >= 4 is 50.9 Å². The van der Waals surface area contributed by atoms with Crippen LogP contribution < -0.4 is 24.2 Å². The van der Waals surface area contributed by atoms with E-state index in [1.54, 1.807) is 19.9 Å². The zero-order valence-electron chi connectivity index (χ0n) is 24.3. The van der Waals surface area contributed by atoms with Gasteiger partial charge in [0.2, 0.25) is 11.7 Å². The van der Waals surface area contributed by atoms with Gasteiger partial charge in [-0.1, -0.05) is 35.3 Å². The first kappa shape index (κ1) is 36.5. The molecule has 0 radical (unpaired) electrons. The van der Waals surface area contributed by atoms with Crippen molar-refractivity contribution in [2.24, 2.45) is 0 Å². The van der Waals surface area contributed by atoms with Crippen molar-refractivity contribution < 1.29 is 45.5 Å². The summed E-state index contributed by atoms with van der Waals surface area (Å²) < 4.78 is 79.2. The molecule has 0 aliphatic heterocycles. The van der Waals surface area contributed by atoms with Gasteiger partial charge in [0, 0.05) is 12.1 Å². The highest BCUT2D eigenvalue weighted by Crippen LogP contribution is 2.38. The van der Waals surface area contributed by atoms with Crippen LogP contribution in [0, 0.1) is 17.0 Å². The molecule has 0 unspecified atom stereocenters. The topological polar surface area (TPSA) is 185 Å². The van der Waals surface area contributed by atoms with Gasteiger partial charge in [0.05, 0.1) is 34.2 Å². The fourth-order valence-electron chi connectivity index (χ4n) is 3.44. The lowest BCUT2D eigenvalue weighted by molar-refractivity contribution is -0.385. The van der Waals surface area contributed by atoms with E-state index in [9.17, 15) is 36.5 Å². The minimum absolute atomic E-state index is 0.00882. The molecule has 0 aliphatic carbocycles. The third-order valence-corrected chi connectivity index (χ3v) is 7.53. The number of sulfonamides is 1. The number of methoxy groups -OCH3 is 1. The lowest BCUT2D eigenvalue weighted by atomic mass is 10.2. The predicted molar refractivity (Wildman–Crippen MR) is 163 cm³/mol. The van der Waals surface area contributed by atoms with Gasteiger partial charge in [-0.05, 0) is 50.2 Å². The van der Waals surface area contributed by atoms with Crippen molar-refractivity contribution in [1.29, 1.82) is 0 Å². The van der Waals surface area contributed by atoms with Crippen LogP contribution in [-0.4, -0.2) is 48.0 Å². The Balaban J connectivity index is 0.000000256. The van der Waals surface area contributed by atoms with E-state index in [4.69, 9.17) is 37.4 Å². The Kier molecular flexibility index (Phi) is 12.1. The lowest BCUT2D eigenvalue weighted by Gasteiger charge is -2.12. The summed E-state index contributed by atoms with van der Waals surface area (Å²) in [5.41, 5.74) is -1.15. The van der Waals surface area contributed by atoms with Gasteiger partial charge in [0.25, 0.3) is 10.0 Å². The quantitative estimate of drug-likeness (QED) is 0.137. The summed E-state index contributed by atoms with van der Waals surface area (Å²) in [6, 6.07) is 11.1. The Morgan fingerprint density at radius 1 is 1.00 bits per heavy atom. The van der Waals surface area contributed by atoms with Crippen molar-refractivity contribution in [2.75, 3.05) is 19.0 Å². The average molecular weight is 719 g/mol. The monoisotopic (exact) mass is 718 g/mol. The maximum absolute atomic E-state index is 12.6. The fraction of sp³-hybridized carbons (Fsp3) is 0.185. The maximum Gasteiger partial charge on any atom is 0.416 e. The first-order valence-electron chi connectivity index (χ1n) is 12.8. The number of ether oxygens (including phenoxy) is 3. The summed E-state index contributed by atoms with van der Waals surface area (Å²) >= 11 is 11.6. The second kappa shape index (κ2) is 15.6. The number of halogens is 5. The molecular formula is C27H23Cl2F3N6O8S. The van der Waals surface area contributed by atoms with E-state index in [1.807, 2.05) is 4.72 Å². The Morgan fingerprint density at radius 3 is 2.30 bits per heavy atom. The molecule has 0 saturated heterocycles. The van der Waals surface area contributed by atoms with E-state index in [0.29, 0.717) is 5.82 Å². The van der Waals surface area contributed by atoms with Crippen LogP contribution in [0.3, 0.4) is 0 Å². The molecule has 0 bridgehead atoms. The Labute approximate surface area is 275 Å². The van der Waals surface area contributed by atoms with Gasteiger partial charge in [-0.2, -0.15) is 28.1 Å². The summed E-state index contributed by atoms with van der Waals surface area (Å²) in [7, 11) is -2.78. The largest absolute Gasteiger partial charge is 0.487 e. The SMILES string of the molecule is CCOc1cc(Oc2ccc(C(F)(F)F)cc2Cl)ccc1[N+](=O)[O-].COc1nc(C)nc(NC(=O)NS(=O)(=O)c2ccccc2Cl)n1.